The standard InChI is InChI=1S/C37H25N3O/c1-3-12-25(13-4-1)31-22-29(23-33-34(31)30-17-9-10-18-32(30)41-33)37-39-35(26-14-5-2-6-15-26)38-36(40-37)28-20-19-24-11-7-8-16-27(24)21-28/h1,3-5,7-23H,2,6H2. The number of allylic oxidation sites excluding steroid dienone is 4. The van der Waals surface area contributed by atoms with Crippen molar-refractivity contribution in [2.45, 2.75) is 12.8 Å². The maximum absolute atomic E-state index is 6.39. The monoisotopic (exact) mass is 527 g/mol. The molecule has 194 valence electrons. The maximum Gasteiger partial charge on any atom is 0.164 e. The predicted octanol–water partition coefficient (Wildman–Crippen LogP) is 9.66. The van der Waals surface area contributed by atoms with Crippen LogP contribution in [-0.4, -0.2) is 15.0 Å². The van der Waals surface area contributed by atoms with Gasteiger partial charge < -0.3 is 4.42 Å². The molecule has 4 heteroatoms. The lowest BCUT2D eigenvalue weighted by atomic mass is 9.96. The summed E-state index contributed by atoms with van der Waals surface area (Å²) in [6.45, 7) is 0. The van der Waals surface area contributed by atoms with Gasteiger partial charge in [-0.25, -0.2) is 15.0 Å². The van der Waals surface area contributed by atoms with Crippen LogP contribution in [0.2, 0.25) is 0 Å². The van der Waals surface area contributed by atoms with Gasteiger partial charge in [-0.1, -0.05) is 103 Å². The van der Waals surface area contributed by atoms with E-state index >= 15 is 0 Å². The lowest BCUT2D eigenvalue weighted by Gasteiger charge is -2.12. The molecule has 0 unspecified atom stereocenters. The van der Waals surface area contributed by atoms with Crippen LogP contribution in [0.1, 0.15) is 18.7 Å². The molecule has 1 aliphatic rings. The summed E-state index contributed by atoms with van der Waals surface area (Å²) in [5.41, 5.74) is 6.76. The van der Waals surface area contributed by atoms with Gasteiger partial charge in [-0.05, 0) is 59.0 Å². The zero-order chi connectivity index (χ0) is 27.2. The van der Waals surface area contributed by atoms with E-state index in [1.54, 1.807) is 0 Å². The van der Waals surface area contributed by atoms with Crippen LogP contribution in [-0.2, 0) is 0 Å². The number of aromatic nitrogens is 3. The largest absolute Gasteiger partial charge is 0.456 e. The molecule has 0 spiro atoms. The summed E-state index contributed by atoms with van der Waals surface area (Å²) in [5, 5.41) is 4.53. The lowest BCUT2D eigenvalue weighted by Crippen LogP contribution is -2.03. The first-order chi connectivity index (χ1) is 20.3. The van der Waals surface area contributed by atoms with Crippen LogP contribution in [0.15, 0.2) is 132 Å². The van der Waals surface area contributed by atoms with Crippen molar-refractivity contribution in [3.05, 3.63) is 133 Å². The summed E-state index contributed by atoms with van der Waals surface area (Å²) in [7, 11) is 0. The Balaban J connectivity index is 1.38. The highest BCUT2D eigenvalue weighted by Gasteiger charge is 2.19. The summed E-state index contributed by atoms with van der Waals surface area (Å²) in [5.74, 6) is 1.96. The molecule has 4 nitrogen and oxygen atoms in total. The lowest BCUT2D eigenvalue weighted by molar-refractivity contribution is 0.669. The van der Waals surface area contributed by atoms with E-state index in [4.69, 9.17) is 19.4 Å². The van der Waals surface area contributed by atoms with Crippen LogP contribution in [0.25, 0.3) is 72.2 Å². The van der Waals surface area contributed by atoms with E-state index < -0.39 is 0 Å². The fourth-order valence-corrected chi connectivity index (χ4v) is 5.70. The van der Waals surface area contributed by atoms with Crippen LogP contribution in [0.5, 0.6) is 0 Å². The van der Waals surface area contributed by atoms with Crippen molar-refractivity contribution in [1.29, 1.82) is 0 Å². The molecular weight excluding hydrogens is 502 g/mol. The predicted molar refractivity (Wildman–Crippen MR) is 167 cm³/mol. The average Bonchev–Trinajstić information content (AvgIpc) is 3.43. The third-order valence-electron chi connectivity index (χ3n) is 7.72. The number of furan rings is 1. The van der Waals surface area contributed by atoms with Gasteiger partial charge >= 0.3 is 0 Å². The molecule has 0 N–H and O–H groups in total. The van der Waals surface area contributed by atoms with E-state index in [0.29, 0.717) is 17.5 Å². The number of hydrogen-bond donors (Lipinski definition) is 0. The molecule has 2 heterocycles. The highest BCUT2D eigenvalue weighted by molar-refractivity contribution is 6.13. The van der Waals surface area contributed by atoms with Crippen LogP contribution in [0, 0.1) is 0 Å². The Bertz CT molecular complexity index is 2160. The molecule has 5 aromatic carbocycles. The summed E-state index contributed by atoms with van der Waals surface area (Å²) in [4.78, 5) is 15.1. The third-order valence-corrected chi connectivity index (χ3v) is 7.72. The Morgan fingerprint density at radius 3 is 2.15 bits per heavy atom. The molecule has 0 saturated carbocycles. The molecule has 0 bridgehead atoms. The molecule has 1 aliphatic carbocycles. The van der Waals surface area contributed by atoms with Crippen molar-refractivity contribution >= 4 is 38.3 Å². The highest BCUT2D eigenvalue weighted by atomic mass is 16.3. The first kappa shape index (κ1) is 23.5. The SMILES string of the molecule is C1=CC(c2nc(-c3ccc4ccccc4c3)nc(-c3cc(-c4ccccc4)c4c(c3)oc3ccccc34)n2)=CCC1. The summed E-state index contributed by atoms with van der Waals surface area (Å²) in [6.07, 6.45) is 8.51. The van der Waals surface area contributed by atoms with Gasteiger partial charge in [-0.15, -0.1) is 0 Å². The topological polar surface area (TPSA) is 51.8 Å². The molecule has 7 aromatic rings. The minimum absolute atomic E-state index is 0.623. The van der Waals surface area contributed by atoms with Gasteiger partial charge in [0.25, 0.3) is 0 Å². The van der Waals surface area contributed by atoms with Crippen molar-refractivity contribution in [2.75, 3.05) is 0 Å². The minimum atomic E-state index is 0.623. The summed E-state index contributed by atoms with van der Waals surface area (Å²) < 4.78 is 6.39. The van der Waals surface area contributed by atoms with Crippen molar-refractivity contribution < 1.29 is 4.42 Å². The smallest absolute Gasteiger partial charge is 0.164 e. The Morgan fingerprint density at radius 2 is 1.29 bits per heavy atom. The quantitative estimate of drug-likeness (QED) is 0.229. The number of nitrogens with zero attached hydrogens (tertiary/aromatic N) is 3. The first-order valence-corrected chi connectivity index (χ1v) is 13.9. The van der Waals surface area contributed by atoms with Crippen LogP contribution < -0.4 is 0 Å². The van der Waals surface area contributed by atoms with Gasteiger partial charge in [0, 0.05) is 27.5 Å². The Hall–Kier alpha value is -5.35. The van der Waals surface area contributed by atoms with E-state index in [1.165, 1.54) is 5.39 Å². The van der Waals surface area contributed by atoms with Crippen molar-refractivity contribution in [3.8, 4) is 33.9 Å². The third kappa shape index (κ3) is 4.21. The van der Waals surface area contributed by atoms with E-state index in [1.807, 2.05) is 18.2 Å². The number of benzene rings is 5. The zero-order valence-electron chi connectivity index (χ0n) is 22.3. The Kier molecular flexibility index (Phi) is 5.56. The van der Waals surface area contributed by atoms with Crippen molar-refractivity contribution in [1.82, 2.24) is 15.0 Å². The fraction of sp³-hybridized carbons (Fsp3) is 0.0541. The van der Waals surface area contributed by atoms with E-state index in [0.717, 1.165) is 68.0 Å². The summed E-state index contributed by atoms with van der Waals surface area (Å²) >= 11 is 0. The fourth-order valence-electron chi connectivity index (χ4n) is 5.70. The zero-order valence-corrected chi connectivity index (χ0v) is 22.3. The molecule has 0 radical (unpaired) electrons. The summed E-state index contributed by atoms with van der Waals surface area (Å²) in [6, 6.07) is 37.6. The molecule has 2 aromatic heterocycles. The average molecular weight is 528 g/mol. The van der Waals surface area contributed by atoms with Crippen molar-refractivity contribution in [2.24, 2.45) is 0 Å². The van der Waals surface area contributed by atoms with Crippen LogP contribution in [0.4, 0.5) is 0 Å². The van der Waals surface area contributed by atoms with Crippen LogP contribution >= 0.6 is 0 Å². The Morgan fingerprint density at radius 1 is 0.537 bits per heavy atom. The van der Waals surface area contributed by atoms with Crippen LogP contribution in [0.3, 0.4) is 0 Å². The van der Waals surface area contributed by atoms with Crippen molar-refractivity contribution in [3.63, 3.8) is 0 Å². The molecule has 8 rings (SSSR count). The van der Waals surface area contributed by atoms with E-state index in [9.17, 15) is 0 Å². The molecule has 0 saturated heterocycles. The molecular formula is C37H25N3O. The minimum Gasteiger partial charge on any atom is -0.456 e. The molecule has 0 amide bonds. The molecule has 0 aliphatic heterocycles. The number of fused-ring (bicyclic) bond motifs is 4. The number of hydrogen-bond acceptors (Lipinski definition) is 4. The second-order valence-corrected chi connectivity index (χ2v) is 10.4. The maximum atomic E-state index is 6.39. The Labute approximate surface area is 237 Å². The van der Waals surface area contributed by atoms with Gasteiger partial charge in [-0.3, -0.25) is 0 Å². The van der Waals surface area contributed by atoms with Gasteiger partial charge in [0.15, 0.2) is 17.5 Å². The van der Waals surface area contributed by atoms with E-state index in [2.05, 4.69) is 109 Å². The normalized spacial score (nSPS) is 13.2. The van der Waals surface area contributed by atoms with E-state index in [-0.39, 0.29) is 0 Å². The number of para-hydroxylation sites is 1. The van der Waals surface area contributed by atoms with Gasteiger partial charge in [-0.2, -0.15) is 0 Å². The molecule has 41 heavy (non-hydrogen) atoms. The van der Waals surface area contributed by atoms with Gasteiger partial charge in [0.2, 0.25) is 0 Å². The van der Waals surface area contributed by atoms with Gasteiger partial charge in [0.1, 0.15) is 11.2 Å². The second-order valence-electron chi connectivity index (χ2n) is 10.4. The van der Waals surface area contributed by atoms with Gasteiger partial charge in [0.05, 0.1) is 0 Å². The first-order valence-electron chi connectivity index (χ1n) is 13.9. The number of rotatable bonds is 4. The highest BCUT2D eigenvalue weighted by Crippen LogP contribution is 2.40. The molecule has 0 fully saturated rings. The second kappa shape index (κ2) is 9.68. The molecule has 0 atom stereocenters.